The van der Waals surface area contributed by atoms with Crippen LogP contribution in [0.25, 0.3) is 10.2 Å². The quantitative estimate of drug-likeness (QED) is 0.172. The molecule has 2 aromatic carbocycles. The van der Waals surface area contributed by atoms with E-state index in [9.17, 15) is 24.2 Å². The molecule has 13 heteroatoms. The van der Waals surface area contributed by atoms with Crippen LogP contribution in [0.1, 0.15) is 82.7 Å². The summed E-state index contributed by atoms with van der Waals surface area (Å²) in [6, 6.07) is 8.27. The van der Waals surface area contributed by atoms with Gasteiger partial charge in [0.25, 0.3) is 5.91 Å². The van der Waals surface area contributed by atoms with E-state index in [1.165, 1.54) is 31.7 Å². The molecule has 2 saturated heterocycles. The van der Waals surface area contributed by atoms with Gasteiger partial charge in [-0.1, -0.05) is 36.3 Å². The minimum atomic E-state index is -0.870. The van der Waals surface area contributed by atoms with Gasteiger partial charge in [-0.25, -0.2) is 9.37 Å². The summed E-state index contributed by atoms with van der Waals surface area (Å²) in [6.07, 6.45) is 6.17. The number of aliphatic hydroxyl groups is 1. The van der Waals surface area contributed by atoms with E-state index in [0.717, 1.165) is 53.4 Å². The van der Waals surface area contributed by atoms with Crippen molar-refractivity contribution in [2.24, 2.45) is 0 Å². The van der Waals surface area contributed by atoms with Gasteiger partial charge in [-0.05, 0) is 68.0 Å². The molecule has 0 bridgehead atoms. The maximum absolute atomic E-state index is 14.7. The number of aromatic amines is 1. The van der Waals surface area contributed by atoms with Crippen molar-refractivity contribution in [3.63, 3.8) is 0 Å². The van der Waals surface area contributed by atoms with Crippen LogP contribution in [0.3, 0.4) is 0 Å². The van der Waals surface area contributed by atoms with Crippen molar-refractivity contribution < 1.29 is 24.1 Å². The van der Waals surface area contributed by atoms with Crippen LogP contribution in [0.15, 0.2) is 40.5 Å². The molecular formula is C35H42FN5O5S2. The highest BCUT2D eigenvalue weighted by atomic mass is 32.1. The monoisotopic (exact) mass is 695 g/mol. The van der Waals surface area contributed by atoms with Gasteiger partial charge in [-0.3, -0.25) is 14.5 Å². The number of ether oxygens (including phenoxy) is 1. The molecule has 10 nitrogen and oxygen atoms in total. The Morgan fingerprint density at radius 2 is 1.96 bits per heavy atom. The average molecular weight is 696 g/mol. The number of carbonyl (C=O) groups is 1. The Hall–Kier alpha value is -3.20. The summed E-state index contributed by atoms with van der Waals surface area (Å²) in [4.78, 5) is 36.5. The second-order valence-corrected chi connectivity index (χ2v) is 15.3. The minimum Gasteiger partial charge on any atom is -0.506 e. The van der Waals surface area contributed by atoms with E-state index in [0.29, 0.717) is 66.6 Å². The number of H-pyrrole nitrogens is 1. The first-order chi connectivity index (χ1) is 23.2. The predicted octanol–water partition coefficient (Wildman–Crippen LogP) is 4.92. The smallest absolute Gasteiger partial charge is 0.305 e. The third-order valence-corrected chi connectivity index (χ3v) is 12.0. The molecule has 48 heavy (non-hydrogen) atoms. The molecule has 2 aromatic heterocycles. The van der Waals surface area contributed by atoms with E-state index in [2.05, 4.69) is 15.2 Å². The number of morpholine rings is 1. The first kappa shape index (κ1) is 33.3. The first-order valence-corrected chi connectivity index (χ1v) is 18.6. The minimum absolute atomic E-state index is 0.00791. The number of benzene rings is 2. The molecule has 256 valence electrons. The zero-order valence-electron chi connectivity index (χ0n) is 26.9. The molecule has 2 aliphatic heterocycles. The lowest BCUT2D eigenvalue weighted by molar-refractivity contribution is -0.128. The van der Waals surface area contributed by atoms with Gasteiger partial charge >= 0.3 is 4.87 Å². The maximum atomic E-state index is 14.7. The fraction of sp³-hybridized carbons (Fsp3) is 0.514. The van der Waals surface area contributed by atoms with Gasteiger partial charge < -0.3 is 30.2 Å². The van der Waals surface area contributed by atoms with Crippen molar-refractivity contribution in [3.05, 3.63) is 78.6 Å². The molecule has 3 aliphatic rings. The molecule has 1 aliphatic carbocycles. The molecule has 4 aromatic rings. The van der Waals surface area contributed by atoms with Crippen molar-refractivity contribution in [3.8, 4) is 5.75 Å². The van der Waals surface area contributed by atoms with Gasteiger partial charge in [0.05, 0.1) is 34.6 Å². The number of rotatable bonds is 10. The number of amides is 1. The van der Waals surface area contributed by atoms with Crippen molar-refractivity contribution in [1.29, 1.82) is 0 Å². The van der Waals surface area contributed by atoms with Crippen LogP contribution in [0.2, 0.25) is 0 Å². The van der Waals surface area contributed by atoms with Crippen LogP contribution in [0.5, 0.6) is 5.75 Å². The van der Waals surface area contributed by atoms with Crippen LogP contribution in [-0.4, -0.2) is 87.4 Å². The summed E-state index contributed by atoms with van der Waals surface area (Å²) in [5, 5.41) is 27.0. The van der Waals surface area contributed by atoms with Crippen LogP contribution >= 0.6 is 22.7 Å². The summed E-state index contributed by atoms with van der Waals surface area (Å²) in [6.45, 7) is 4.70. The van der Waals surface area contributed by atoms with Gasteiger partial charge in [0.2, 0.25) is 0 Å². The molecule has 1 amide bonds. The predicted molar refractivity (Wildman–Crippen MR) is 184 cm³/mol. The molecule has 4 heterocycles. The van der Waals surface area contributed by atoms with E-state index < -0.39 is 6.10 Å². The largest absolute Gasteiger partial charge is 0.506 e. The van der Waals surface area contributed by atoms with Crippen LogP contribution < -0.4 is 10.2 Å². The van der Waals surface area contributed by atoms with Crippen molar-refractivity contribution in [2.45, 2.75) is 69.1 Å². The molecule has 3 fully saturated rings. The number of hydrogen-bond donors (Lipinski definition) is 4. The number of fused-ring (bicyclic) bond motifs is 1. The number of carbonyl (C=O) groups excluding carboxylic acids is 1. The number of aromatic nitrogens is 2. The number of nitrogens with zero attached hydrogens (tertiary/aromatic N) is 3. The zero-order chi connectivity index (χ0) is 33.3. The van der Waals surface area contributed by atoms with Gasteiger partial charge in [0.1, 0.15) is 22.8 Å². The Bertz CT molecular complexity index is 1810. The molecule has 1 saturated carbocycles. The van der Waals surface area contributed by atoms with Crippen LogP contribution in [0.4, 0.5) is 4.39 Å². The summed E-state index contributed by atoms with van der Waals surface area (Å²) in [7, 11) is 0. The number of likely N-dealkylation sites (tertiary alicyclic amines) is 1. The fourth-order valence-corrected chi connectivity index (χ4v) is 9.33. The third kappa shape index (κ3) is 7.36. The van der Waals surface area contributed by atoms with E-state index in [1.807, 2.05) is 16.3 Å². The number of halogens is 1. The average Bonchev–Trinajstić information content (AvgIpc) is 3.86. The van der Waals surface area contributed by atoms with E-state index >= 15 is 0 Å². The summed E-state index contributed by atoms with van der Waals surface area (Å²) in [5.74, 6) is 0.215. The number of nitrogens with one attached hydrogen (secondary N) is 2. The molecular weight excluding hydrogens is 654 g/mol. The number of phenols is 1. The first-order valence-electron chi connectivity index (χ1n) is 16.9. The normalized spacial score (nSPS) is 19.4. The number of phenolic OH excluding ortho intramolecular Hbond substituents is 1. The van der Waals surface area contributed by atoms with Crippen molar-refractivity contribution in [2.75, 3.05) is 45.9 Å². The summed E-state index contributed by atoms with van der Waals surface area (Å²) < 4.78 is 21.5. The van der Waals surface area contributed by atoms with Gasteiger partial charge in [0, 0.05) is 49.6 Å². The summed E-state index contributed by atoms with van der Waals surface area (Å²) >= 11 is 2.58. The van der Waals surface area contributed by atoms with E-state index in [4.69, 9.17) is 9.72 Å². The Labute approximate surface area is 286 Å². The number of piperidine rings is 1. The Morgan fingerprint density at radius 1 is 1.17 bits per heavy atom. The van der Waals surface area contributed by atoms with Crippen LogP contribution in [-0.2, 0) is 17.7 Å². The van der Waals surface area contributed by atoms with E-state index in [1.54, 1.807) is 29.5 Å². The van der Waals surface area contributed by atoms with Crippen LogP contribution in [0, 0.1) is 5.82 Å². The molecule has 1 unspecified atom stereocenters. The molecule has 0 radical (unpaired) electrons. The summed E-state index contributed by atoms with van der Waals surface area (Å²) in [5.41, 5.74) is 2.90. The van der Waals surface area contributed by atoms with E-state index in [-0.39, 0.29) is 34.5 Å². The molecule has 1 atom stereocenters. The lowest BCUT2D eigenvalue weighted by Gasteiger charge is -2.47. The third-order valence-electron chi connectivity index (χ3n) is 10.0. The zero-order valence-corrected chi connectivity index (χ0v) is 28.5. The lowest BCUT2D eigenvalue weighted by Crippen LogP contribution is -2.58. The number of aliphatic hydroxyl groups excluding tert-OH is 1. The second kappa shape index (κ2) is 14.3. The second-order valence-electron chi connectivity index (χ2n) is 13.4. The van der Waals surface area contributed by atoms with Gasteiger partial charge in [0.15, 0.2) is 0 Å². The Balaban J connectivity index is 0.891. The SMILES string of the molecule is O=C(c1csc(C2CCCC2)n1)N1CCOC2(CCN(Cc3cc(F)cc(CCNCC(O)c4ccc(O)c5[nH]c(=O)sc45)c3)CC2)C1. The van der Waals surface area contributed by atoms with Crippen molar-refractivity contribution in [1.82, 2.24) is 25.1 Å². The number of hydrogen-bond acceptors (Lipinski definition) is 10. The van der Waals surface area contributed by atoms with Crippen molar-refractivity contribution >= 4 is 38.8 Å². The fourth-order valence-electron chi connectivity index (χ4n) is 7.44. The Morgan fingerprint density at radius 3 is 2.77 bits per heavy atom. The van der Waals surface area contributed by atoms with Gasteiger partial charge in [-0.2, -0.15) is 0 Å². The maximum Gasteiger partial charge on any atom is 0.305 e. The molecule has 7 rings (SSSR count). The number of aromatic hydroxyl groups is 1. The Kier molecular flexibility index (Phi) is 9.95. The standard InChI is InChI=1S/C35H42FN5O5S2/c36-25-16-22(7-10-37-18-29(43)26-5-6-28(42)30-31(26)48-34(45)39-30)15-23(17-25)19-40-11-8-35(9-12-40)21-41(13-14-46-35)33(44)27-20-47-32(38-27)24-3-1-2-4-24/h5-6,15-17,20,24,29,37,42-43H,1-4,7-14,18-19,21H2,(H,39,45). The van der Waals surface area contributed by atoms with Gasteiger partial charge in [-0.15, -0.1) is 11.3 Å². The lowest BCUT2D eigenvalue weighted by atomic mass is 9.89. The highest BCUT2D eigenvalue weighted by molar-refractivity contribution is 7.16. The molecule has 4 N–H and O–H groups in total. The molecule has 1 spiro atoms. The topological polar surface area (TPSA) is 131 Å². The highest BCUT2D eigenvalue weighted by Gasteiger charge is 2.41. The highest BCUT2D eigenvalue weighted by Crippen LogP contribution is 2.37. The number of thiazole rings is 2.